The second-order valence-electron chi connectivity index (χ2n) is 5.31. The maximum atomic E-state index is 11.8. The number of carbonyl (C=O) groups excluding carboxylic acids is 2. The summed E-state index contributed by atoms with van der Waals surface area (Å²) in [7, 11) is 0. The van der Waals surface area contributed by atoms with E-state index in [1.54, 1.807) is 24.3 Å². The smallest absolute Gasteiger partial charge is 0.310 e. The molecule has 2 aromatic carbocycles. The molecule has 0 aliphatic rings. The van der Waals surface area contributed by atoms with E-state index in [1.807, 2.05) is 0 Å². The predicted molar refractivity (Wildman–Crippen MR) is 108 cm³/mol. The third kappa shape index (κ3) is 7.60. The van der Waals surface area contributed by atoms with Crippen LogP contribution in [0.15, 0.2) is 48.5 Å². The number of thiocarbonyl (C=S) groups is 1. The van der Waals surface area contributed by atoms with Gasteiger partial charge in [-0.15, -0.1) is 0 Å². The molecule has 152 valence electrons. The topological polar surface area (TPSA) is 132 Å². The summed E-state index contributed by atoms with van der Waals surface area (Å²) < 4.78 is 10.4. The first-order chi connectivity index (χ1) is 13.8. The zero-order valence-electron chi connectivity index (χ0n) is 14.7. The van der Waals surface area contributed by atoms with Crippen molar-refractivity contribution in [3.05, 3.63) is 63.7 Å². The molecule has 2 amide bonds. The number of nitro groups is 1. The molecule has 0 unspecified atom stereocenters. The van der Waals surface area contributed by atoms with Gasteiger partial charge >= 0.3 is 5.69 Å². The first-order valence-electron chi connectivity index (χ1n) is 7.98. The van der Waals surface area contributed by atoms with Gasteiger partial charge in [-0.3, -0.25) is 35.9 Å². The van der Waals surface area contributed by atoms with Crippen LogP contribution in [0.3, 0.4) is 0 Å². The van der Waals surface area contributed by atoms with Crippen molar-refractivity contribution in [1.29, 1.82) is 0 Å². The Morgan fingerprint density at radius 3 is 2.34 bits per heavy atom. The highest BCUT2D eigenvalue weighted by Crippen LogP contribution is 2.25. The molecule has 0 aliphatic heterocycles. The Morgan fingerprint density at radius 2 is 1.66 bits per heavy atom. The van der Waals surface area contributed by atoms with Crippen molar-refractivity contribution in [1.82, 2.24) is 16.2 Å². The van der Waals surface area contributed by atoms with E-state index < -0.39 is 23.3 Å². The first kappa shape index (κ1) is 21.9. The SMILES string of the molecule is O=C(COc1ccccc1[N+](=O)[O-])NNC(=S)NC(=O)COc1ccc(Cl)cc1. The lowest BCUT2D eigenvalue weighted by atomic mass is 10.3. The second-order valence-corrected chi connectivity index (χ2v) is 6.15. The van der Waals surface area contributed by atoms with Gasteiger partial charge in [-0.1, -0.05) is 23.7 Å². The van der Waals surface area contributed by atoms with E-state index in [2.05, 4.69) is 16.2 Å². The van der Waals surface area contributed by atoms with Crippen LogP contribution >= 0.6 is 23.8 Å². The number of nitrogens with zero attached hydrogens (tertiary/aromatic N) is 1. The Hall–Kier alpha value is -3.44. The highest BCUT2D eigenvalue weighted by Gasteiger charge is 2.15. The predicted octanol–water partition coefficient (Wildman–Crippen LogP) is 1.73. The molecule has 29 heavy (non-hydrogen) atoms. The summed E-state index contributed by atoms with van der Waals surface area (Å²) in [5.74, 6) is -0.827. The van der Waals surface area contributed by atoms with Gasteiger partial charge in [0.15, 0.2) is 24.1 Å². The van der Waals surface area contributed by atoms with Gasteiger partial charge in [0, 0.05) is 11.1 Å². The Kier molecular flexibility index (Phi) is 8.12. The molecular weight excluding hydrogens is 424 g/mol. The molecule has 0 aromatic heterocycles. The largest absolute Gasteiger partial charge is 0.484 e. The van der Waals surface area contributed by atoms with Gasteiger partial charge < -0.3 is 9.47 Å². The number of rotatable bonds is 7. The highest BCUT2D eigenvalue weighted by atomic mass is 35.5. The number of para-hydroxylation sites is 2. The fraction of sp³-hybridized carbons (Fsp3) is 0.118. The van der Waals surface area contributed by atoms with Crippen LogP contribution in [0, 0.1) is 10.1 Å². The number of carbonyl (C=O) groups is 2. The number of nitrogens with one attached hydrogen (secondary N) is 3. The van der Waals surface area contributed by atoms with Crippen molar-refractivity contribution in [2.75, 3.05) is 13.2 Å². The van der Waals surface area contributed by atoms with Gasteiger partial charge in [-0.25, -0.2) is 0 Å². The summed E-state index contributed by atoms with van der Waals surface area (Å²) in [5.41, 5.74) is 4.23. The Morgan fingerprint density at radius 1 is 1.00 bits per heavy atom. The molecule has 0 heterocycles. The van der Waals surface area contributed by atoms with Crippen molar-refractivity contribution >= 4 is 46.4 Å². The van der Waals surface area contributed by atoms with Crippen LogP contribution in [-0.2, 0) is 9.59 Å². The molecular formula is C17H15ClN4O6S. The van der Waals surface area contributed by atoms with Crippen LogP contribution in [0.4, 0.5) is 5.69 Å². The van der Waals surface area contributed by atoms with Crippen molar-refractivity contribution in [3.63, 3.8) is 0 Å². The molecule has 0 saturated heterocycles. The number of nitro benzene ring substituents is 1. The van der Waals surface area contributed by atoms with Crippen LogP contribution in [0.25, 0.3) is 0 Å². The van der Waals surface area contributed by atoms with Gasteiger partial charge in [-0.05, 0) is 42.5 Å². The Balaban J connectivity index is 1.69. The van der Waals surface area contributed by atoms with Gasteiger partial charge in [0.1, 0.15) is 5.75 Å². The van der Waals surface area contributed by atoms with Crippen LogP contribution in [0.5, 0.6) is 11.5 Å². The fourth-order valence-corrected chi connectivity index (χ4v) is 2.20. The molecule has 0 atom stereocenters. The minimum Gasteiger partial charge on any atom is -0.484 e. The van der Waals surface area contributed by atoms with Gasteiger partial charge in [0.2, 0.25) is 0 Å². The zero-order valence-corrected chi connectivity index (χ0v) is 16.3. The average Bonchev–Trinajstić information content (AvgIpc) is 2.70. The minimum atomic E-state index is -0.669. The van der Waals surface area contributed by atoms with E-state index in [-0.39, 0.29) is 23.2 Å². The van der Waals surface area contributed by atoms with E-state index in [1.165, 1.54) is 24.3 Å². The Labute approximate surface area is 175 Å². The number of benzene rings is 2. The third-order valence-corrected chi connectivity index (χ3v) is 3.63. The lowest BCUT2D eigenvalue weighted by molar-refractivity contribution is -0.385. The number of hydrazine groups is 1. The van der Waals surface area contributed by atoms with Crippen molar-refractivity contribution in [3.8, 4) is 11.5 Å². The summed E-state index contributed by atoms with van der Waals surface area (Å²) in [6.45, 7) is -0.813. The van der Waals surface area contributed by atoms with Gasteiger partial charge in [-0.2, -0.15) is 0 Å². The average molecular weight is 439 g/mol. The molecule has 12 heteroatoms. The van der Waals surface area contributed by atoms with E-state index in [0.29, 0.717) is 10.8 Å². The summed E-state index contributed by atoms with van der Waals surface area (Å²) in [6.07, 6.45) is 0. The quantitative estimate of drug-likeness (QED) is 0.338. The van der Waals surface area contributed by atoms with Crippen LogP contribution in [-0.4, -0.2) is 35.1 Å². The summed E-state index contributed by atoms with van der Waals surface area (Å²) in [6, 6.07) is 12.1. The van der Waals surface area contributed by atoms with Crippen molar-refractivity contribution in [2.45, 2.75) is 0 Å². The maximum Gasteiger partial charge on any atom is 0.310 e. The molecule has 0 fully saturated rings. The number of ether oxygens (including phenoxy) is 2. The lowest BCUT2D eigenvalue weighted by Gasteiger charge is -2.12. The highest BCUT2D eigenvalue weighted by molar-refractivity contribution is 7.80. The summed E-state index contributed by atoms with van der Waals surface area (Å²) in [4.78, 5) is 33.8. The van der Waals surface area contributed by atoms with E-state index in [4.69, 9.17) is 33.3 Å². The number of halogens is 1. The second kappa shape index (κ2) is 10.8. The fourth-order valence-electron chi connectivity index (χ4n) is 1.91. The van der Waals surface area contributed by atoms with E-state index in [9.17, 15) is 19.7 Å². The van der Waals surface area contributed by atoms with Crippen LogP contribution < -0.4 is 25.6 Å². The number of amides is 2. The first-order valence-corrected chi connectivity index (χ1v) is 8.77. The molecule has 0 saturated carbocycles. The molecule has 2 aromatic rings. The molecule has 10 nitrogen and oxygen atoms in total. The maximum absolute atomic E-state index is 11.8. The molecule has 3 N–H and O–H groups in total. The molecule has 0 aliphatic carbocycles. The van der Waals surface area contributed by atoms with Gasteiger partial charge in [0.25, 0.3) is 11.8 Å². The van der Waals surface area contributed by atoms with Gasteiger partial charge in [0.05, 0.1) is 4.92 Å². The zero-order chi connectivity index (χ0) is 21.2. The van der Waals surface area contributed by atoms with E-state index >= 15 is 0 Å². The summed E-state index contributed by atoms with van der Waals surface area (Å²) in [5, 5.41) is 13.5. The van der Waals surface area contributed by atoms with Crippen LogP contribution in [0.2, 0.25) is 5.02 Å². The lowest BCUT2D eigenvalue weighted by Crippen LogP contribution is -2.50. The summed E-state index contributed by atoms with van der Waals surface area (Å²) >= 11 is 10.6. The Bertz CT molecular complexity index is 909. The normalized spacial score (nSPS) is 9.83. The van der Waals surface area contributed by atoms with Crippen molar-refractivity contribution in [2.24, 2.45) is 0 Å². The minimum absolute atomic E-state index is 0.0529. The number of hydrogen-bond acceptors (Lipinski definition) is 7. The molecule has 0 bridgehead atoms. The molecule has 0 radical (unpaired) electrons. The van der Waals surface area contributed by atoms with Crippen molar-refractivity contribution < 1.29 is 24.0 Å². The monoisotopic (exact) mass is 438 g/mol. The molecule has 0 spiro atoms. The molecule has 2 rings (SSSR count). The third-order valence-electron chi connectivity index (χ3n) is 3.17. The standard InChI is InChI=1S/C17H15ClN4O6S/c18-11-5-7-12(8-6-11)27-9-15(23)19-17(29)21-20-16(24)10-28-14-4-2-1-3-13(14)22(25)26/h1-8H,9-10H2,(H,20,24)(H2,19,21,23,29). The van der Waals surface area contributed by atoms with E-state index in [0.717, 1.165) is 0 Å². The van der Waals surface area contributed by atoms with Crippen LogP contribution in [0.1, 0.15) is 0 Å². The number of hydrogen-bond donors (Lipinski definition) is 3.